The van der Waals surface area contributed by atoms with Gasteiger partial charge in [-0.2, -0.15) is 0 Å². The zero-order valence-corrected chi connectivity index (χ0v) is 15.6. The van der Waals surface area contributed by atoms with Crippen molar-refractivity contribution in [1.29, 1.82) is 0 Å². The number of piperazine rings is 1. The SMILES string of the molecule is CC(=O)N[C@@H](CC(C)C)C(=O)N1CCN(c2ccc(F)cc2Cl)CC1. The number of amides is 2. The summed E-state index contributed by atoms with van der Waals surface area (Å²) >= 11 is 6.12. The van der Waals surface area contributed by atoms with E-state index in [9.17, 15) is 14.0 Å². The molecule has 0 saturated carbocycles. The Bertz CT molecular complexity index is 631. The zero-order valence-electron chi connectivity index (χ0n) is 14.9. The molecule has 0 unspecified atom stereocenters. The molecule has 138 valence electrons. The van der Waals surface area contributed by atoms with Crippen LogP contribution in [0.25, 0.3) is 0 Å². The molecule has 0 aromatic heterocycles. The lowest BCUT2D eigenvalue weighted by Crippen LogP contribution is -2.55. The smallest absolute Gasteiger partial charge is 0.245 e. The Morgan fingerprint density at radius 1 is 1.24 bits per heavy atom. The number of carbonyl (C=O) groups is 2. The first kappa shape index (κ1) is 19.5. The third-order valence-electron chi connectivity index (χ3n) is 4.22. The highest BCUT2D eigenvalue weighted by Gasteiger charge is 2.29. The minimum Gasteiger partial charge on any atom is -0.367 e. The molecule has 0 aliphatic carbocycles. The van der Waals surface area contributed by atoms with Crippen molar-refractivity contribution in [2.75, 3.05) is 31.1 Å². The number of hydrogen-bond acceptors (Lipinski definition) is 3. The van der Waals surface area contributed by atoms with Gasteiger partial charge in [-0.05, 0) is 30.5 Å². The van der Waals surface area contributed by atoms with Crippen molar-refractivity contribution in [3.8, 4) is 0 Å². The van der Waals surface area contributed by atoms with Gasteiger partial charge < -0.3 is 15.1 Å². The van der Waals surface area contributed by atoms with Crippen LogP contribution in [0.5, 0.6) is 0 Å². The van der Waals surface area contributed by atoms with Crippen LogP contribution in [0.15, 0.2) is 18.2 Å². The minimum absolute atomic E-state index is 0.0475. The second-order valence-electron chi connectivity index (χ2n) is 6.79. The highest BCUT2D eigenvalue weighted by Crippen LogP contribution is 2.27. The van der Waals surface area contributed by atoms with Crippen molar-refractivity contribution in [3.63, 3.8) is 0 Å². The van der Waals surface area contributed by atoms with Gasteiger partial charge in [-0.15, -0.1) is 0 Å². The van der Waals surface area contributed by atoms with E-state index < -0.39 is 6.04 Å². The topological polar surface area (TPSA) is 52.7 Å². The molecule has 0 bridgehead atoms. The number of hydrogen-bond donors (Lipinski definition) is 1. The quantitative estimate of drug-likeness (QED) is 0.868. The lowest BCUT2D eigenvalue weighted by Gasteiger charge is -2.38. The maximum atomic E-state index is 13.2. The average Bonchev–Trinajstić information content (AvgIpc) is 2.53. The summed E-state index contributed by atoms with van der Waals surface area (Å²) in [6.45, 7) is 7.79. The average molecular weight is 370 g/mol. The number of nitrogens with zero attached hydrogens (tertiary/aromatic N) is 2. The fourth-order valence-corrected chi connectivity index (χ4v) is 3.35. The standard InChI is InChI=1S/C18H25ClFN3O2/c1-12(2)10-16(21-13(3)24)18(25)23-8-6-22(7-9-23)17-5-4-14(20)11-15(17)19/h4-5,11-12,16H,6-10H2,1-3H3,(H,21,24)/t16-/m0/s1. The van der Waals surface area contributed by atoms with Gasteiger partial charge in [0.2, 0.25) is 11.8 Å². The van der Waals surface area contributed by atoms with Gasteiger partial charge in [0.15, 0.2) is 0 Å². The number of rotatable bonds is 5. The van der Waals surface area contributed by atoms with Gasteiger partial charge >= 0.3 is 0 Å². The van der Waals surface area contributed by atoms with Gasteiger partial charge in [-0.25, -0.2) is 4.39 Å². The molecule has 2 amide bonds. The summed E-state index contributed by atoms with van der Waals surface area (Å²) < 4.78 is 13.2. The van der Waals surface area contributed by atoms with E-state index in [2.05, 4.69) is 5.32 Å². The first-order chi connectivity index (χ1) is 11.8. The van der Waals surface area contributed by atoms with Gasteiger partial charge in [-0.3, -0.25) is 9.59 Å². The summed E-state index contributed by atoms with van der Waals surface area (Å²) in [6.07, 6.45) is 0.614. The molecular formula is C18H25ClFN3O2. The van der Waals surface area contributed by atoms with Gasteiger partial charge in [0.1, 0.15) is 11.9 Å². The van der Waals surface area contributed by atoms with E-state index in [1.807, 2.05) is 18.7 Å². The van der Waals surface area contributed by atoms with Crippen LogP contribution in [0.1, 0.15) is 27.2 Å². The Labute approximate surface area is 153 Å². The summed E-state index contributed by atoms with van der Waals surface area (Å²) in [6, 6.07) is 3.85. The molecule has 2 rings (SSSR count). The predicted molar refractivity (Wildman–Crippen MR) is 97.3 cm³/mol. The highest BCUT2D eigenvalue weighted by molar-refractivity contribution is 6.33. The van der Waals surface area contributed by atoms with Crippen LogP contribution in [0.4, 0.5) is 10.1 Å². The molecule has 1 atom stereocenters. The number of nitrogens with one attached hydrogen (secondary N) is 1. The van der Waals surface area contributed by atoms with Gasteiger partial charge in [0, 0.05) is 33.1 Å². The van der Waals surface area contributed by atoms with Crippen LogP contribution in [-0.2, 0) is 9.59 Å². The molecule has 1 saturated heterocycles. The predicted octanol–water partition coefficient (Wildman–Crippen LogP) is 2.68. The van der Waals surface area contributed by atoms with E-state index >= 15 is 0 Å². The lowest BCUT2D eigenvalue weighted by molar-refractivity contribution is -0.136. The summed E-state index contributed by atoms with van der Waals surface area (Å²) in [5.41, 5.74) is 0.774. The molecule has 25 heavy (non-hydrogen) atoms. The number of halogens is 2. The molecule has 7 heteroatoms. The fourth-order valence-electron chi connectivity index (χ4n) is 3.06. The molecule has 1 heterocycles. The van der Waals surface area contributed by atoms with Crippen LogP contribution in [0, 0.1) is 11.7 Å². The summed E-state index contributed by atoms with van der Waals surface area (Å²) in [5, 5.41) is 3.13. The molecule has 0 radical (unpaired) electrons. The first-order valence-electron chi connectivity index (χ1n) is 8.53. The van der Waals surface area contributed by atoms with Crippen molar-refractivity contribution < 1.29 is 14.0 Å². The van der Waals surface area contributed by atoms with E-state index in [4.69, 9.17) is 11.6 Å². The molecule has 1 N–H and O–H groups in total. The van der Waals surface area contributed by atoms with Crippen LogP contribution in [-0.4, -0.2) is 48.9 Å². The molecule has 1 aliphatic rings. The van der Waals surface area contributed by atoms with Crippen molar-refractivity contribution in [2.45, 2.75) is 33.2 Å². The number of benzene rings is 1. The Morgan fingerprint density at radius 2 is 1.88 bits per heavy atom. The van der Waals surface area contributed by atoms with Crippen molar-refractivity contribution >= 4 is 29.1 Å². The van der Waals surface area contributed by atoms with Gasteiger partial charge in [0.25, 0.3) is 0 Å². The molecule has 1 aliphatic heterocycles. The van der Waals surface area contributed by atoms with Crippen LogP contribution in [0.2, 0.25) is 5.02 Å². The molecule has 1 aromatic carbocycles. The van der Waals surface area contributed by atoms with E-state index in [0.717, 1.165) is 5.69 Å². The Morgan fingerprint density at radius 3 is 2.40 bits per heavy atom. The Hall–Kier alpha value is -1.82. The molecule has 0 spiro atoms. The molecule has 1 fully saturated rings. The second kappa shape index (κ2) is 8.52. The van der Waals surface area contributed by atoms with E-state index in [-0.39, 0.29) is 17.6 Å². The Balaban J connectivity index is 1.99. The van der Waals surface area contributed by atoms with Crippen LogP contribution >= 0.6 is 11.6 Å². The maximum Gasteiger partial charge on any atom is 0.245 e. The Kier molecular flexibility index (Phi) is 6.64. The van der Waals surface area contributed by atoms with Crippen molar-refractivity contribution in [1.82, 2.24) is 10.2 Å². The molecular weight excluding hydrogens is 345 g/mol. The largest absolute Gasteiger partial charge is 0.367 e. The minimum atomic E-state index is -0.488. The number of carbonyl (C=O) groups excluding carboxylic acids is 2. The second-order valence-corrected chi connectivity index (χ2v) is 7.20. The maximum absolute atomic E-state index is 13.2. The fraction of sp³-hybridized carbons (Fsp3) is 0.556. The monoisotopic (exact) mass is 369 g/mol. The van der Waals surface area contributed by atoms with Crippen molar-refractivity contribution in [2.24, 2.45) is 5.92 Å². The summed E-state index contributed by atoms with van der Waals surface area (Å²) in [5.74, 6) is -0.306. The van der Waals surface area contributed by atoms with Gasteiger partial charge in [0.05, 0.1) is 10.7 Å². The zero-order chi connectivity index (χ0) is 18.6. The van der Waals surface area contributed by atoms with Gasteiger partial charge in [-0.1, -0.05) is 25.4 Å². The normalized spacial score (nSPS) is 16.1. The summed E-state index contributed by atoms with van der Waals surface area (Å²) in [4.78, 5) is 27.9. The van der Waals surface area contributed by atoms with E-state index in [1.165, 1.54) is 19.1 Å². The van der Waals surface area contributed by atoms with E-state index in [1.54, 1.807) is 11.0 Å². The number of anilines is 1. The van der Waals surface area contributed by atoms with Crippen LogP contribution < -0.4 is 10.2 Å². The van der Waals surface area contributed by atoms with Crippen molar-refractivity contribution in [3.05, 3.63) is 29.0 Å². The first-order valence-corrected chi connectivity index (χ1v) is 8.91. The third kappa shape index (κ3) is 5.33. The van der Waals surface area contributed by atoms with Crippen LogP contribution in [0.3, 0.4) is 0 Å². The molecule has 1 aromatic rings. The third-order valence-corrected chi connectivity index (χ3v) is 4.53. The highest BCUT2D eigenvalue weighted by atomic mass is 35.5. The molecule has 5 nitrogen and oxygen atoms in total. The summed E-state index contributed by atoms with van der Waals surface area (Å²) in [7, 11) is 0. The lowest BCUT2D eigenvalue weighted by atomic mass is 10.0. The van der Waals surface area contributed by atoms with E-state index in [0.29, 0.717) is 43.5 Å².